The number of hydrogen-bond donors (Lipinski definition) is 1. The van der Waals surface area contributed by atoms with Crippen molar-refractivity contribution in [2.24, 2.45) is 0 Å². The number of ether oxygens (including phenoxy) is 1. The van der Waals surface area contributed by atoms with Gasteiger partial charge in [0, 0.05) is 20.2 Å². The van der Waals surface area contributed by atoms with E-state index in [-0.39, 0.29) is 5.60 Å². The molecular weight excluding hydrogens is 210 g/mol. The lowest BCUT2D eigenvalue weighted by Crippen LogP contribution is -2.47. The van der Waals surface area contributed by atoms with E-state index in [4.69, 9.17) is 4.74 Å². The van der Waals surface area contributed by atoms with Crippen LogP contribution >= 0.6 is 0 Å². The van der Waals surface area contributed by atoms with Gasteiger partial charge in [-0.1, -0.05) is 31.2 Å². The van der Waals surface area contributed by atoms with Crippen LogP contribution in [0.4, 0.5) is 0 Å². The molecular formula is C15H23NO. The molecule has 0 unspecified atom stereocenters. The van der Waals surface area contributed by atoms with Crippen molar-refractivity contribution in [3.8, 4) is 0 Å². The summed E-state index contributed by atoms with van der Waals surface area (Å²) < 4.78 is 5.59. The first-order valence-electron chi connectivity index (χ1n) is 6.62. The van der Waals surface area contributed by atoms with Crippen LogP contribution in [-0.4, -0.2) is 19.3 Å². The fraction of sp³-hybridized carbons (Fsp3) is 0.600. The zero-order chi connectivity index (χ0) is 12.1. The lowest BCUT2D eigenvalue weighted by atomic mass is 9.80. The van der Waals surface area contributed by atoms with E-state index < -0.39 is 0 Å². The fourth-order valence-electron chi connectivity index (χ4n) is 2.35. The molecule has 1 aromatic carbocycles. The SMILES string of the molecule is CCc1ccc(CNCC2(OC)CCC2)cc1. The molecule has 2 heteroatoms. The van der Waals surface area contributed by atoms with Crippen LogP contribution in [0.15, 0.2) is 24.3 Å². The van der Waals surface area contributed by atoms with Gasteiger partial charge in [0.05, 0.1) is 5.60 Å². The zero-order valence-corrected chi connectivity index (χ0v) is 11.0. The summed E-state index contributed by atoms with van der Waals surface area (Å²) in [7, 11) is 1.83. The molecule has 94 valence electrons. The molecule has 2 nitrogen and oxygen atoms in total. The van der Waals surface area contributed by atoms with E-state index in [0.717, 1.165) is 19.5 Å². The second kappa shape index (κ2) is 5.65. The number of benzene rings is 1. The van der Waals surface area contributed by atoms with E-state index in [2.05, 4.69) is 36.5 Å². The van der Waals surface area contributed by atoms with E-state index in [1.807, 2.05) is 7.11 Å². The molecule has 1 aliphatic carbocycles. The Morgan fingerprint density at radius 3 is 2.29 bits per heavy atom. The topological polar surface area (TPSA) is 21.3 Å². The highest BCUT2D eigenvalue weighted by Gasteiger charge is 2.36. The fourth-order valence-corrected chi connectivity index (χ4v) is 2.35. The number of methoxy groups -OCH3 is 1. The Labute approximate surface area is 104 Å². The molecule has 0 atom stereocenters. The van der Waals surface area contributed by atoms with Crippen molar-refractivity contribution in [2.75, 3.05) is 13.7 Å². The normalized spacial score (nSPS) is 17.8. The summed E-state index contributed by atoms with van der Waals surface area (Å²) in [5.41, 5.74) is 2.89. The van der Waals surface area contributed by atoms with Crippen LogP contribution in [-0.2, 0) is 17.7 Å². The minimum absolute atomic E-state index is 0.128. The average Bonchev–Trinajstić information content (AvgIpc) is 2.33. The standard InChI is InChI=1S/C15H23NO/c1-3-13-5-7-14(8-6-13)11-16-12-15(17-2)9-4-10-15/h5-8,16H,3-4,9-12H2,1-2H3. The second-order valence-corrected chi connectivity index (χ2v) is 5.01. The molecule has 0 amide bonds. The van der Waals surface area contributed by atoms with Crippen molar-refractivity contribution in [1.82, 2.24) is 5.32 Å². The van der Waals surface area contributed by atoms with Crippen molar-refractivity contribution >= 4 is 0 Å². The van der Waals surface area contributed by atoms with E-state index in [1.165, 1.54) is 30.4 Å². The highest BCUT2D eigenvalue weighted by Crippen LogP contribution is 2.34. The predicted octanol–water partition coefficient (Wildman–Crippen LogP) is 2.91. The lowest BCUT2D eigenvalue weighted by Gasteiger charge is -2.40. The van der Waals surface area contributed by atoms with Gasteiger partial charge in [0.2, 0.25) is 0 Å². The maximum absolute atomic E-state index is 5.59. The first-order valence-corrected chi connectivity index (χ1v) is 6.62. The van der Waals surface area contributed by atoms with Crippen LogP contribution in [0, 0.1) is 0 Å². The molecule has 1 aliphatic rings. The third-order valence-corrected chi connectivity index (χ3v) is 3.91. The summed E-state index contributed by atoms with van der Waals surface area (Å²) >= 11 is 0. The monoisotopic (exact) mass is 233 g/mol. The summed E-state index contributed by atoms with van der Waals surface area (Å²) in [5, 5.41) is 3.51. The zero-order valence-electron chi connectivity index (χ0n) is 11.0. The minimum atomic E-state index is 0.128. The van der Waals surface area contributed by atoms with Gasteiger partial charge >= 0.3 is 0 Å². The lowest BCUT2D eigenvalue weighted by molar-refractivity contribution is -0.0695. The van der Waals surface area contributed by atoms with E-state index in [0.29, 0.717) is 0 Å². The number of aryl methyl sites for hydroxylation is 1. The van der Waals surface area contributed by atoms with Gasteiger partial charge in [0.1, 0.15) is 0 Å². The van der Waals surface area contributed by atoms with Crippen molar-refractivity contribution in [3.63, 3.8) is 0 Å². The Kier molecular flexibility index (Phi) is 4.19. The highest BCUT2D eigenvalue weighted by atomic mass is 16.5. The van der Waals surface area contributed by atoms with Gasteiger partial charge in [0.15, 0.2) is 0 Å². The highest BCUT2D eigenvalue weighted by molar-refractivity contribution is 5.22. The van der Waals surface area contributed by atoms with Crippen LogP contribution in [0.3, 0.4) is 0 Å². The van der Waals surface area contributed by atoms with Crippen LogP contribution in [0.2, 0.25) is 0 Å². The van der Waals surface area contributed by atoms with E-state index in [9.17, 15) is 0 Å². The molecule has 1 saturated carbocycles. The Bertz CT molecular complexity index is 335. The molecule has 0 spiro atoms. The first kappa shape index (κ1) is 12.6. The third-order valence-electron chi connectivity index (χ3n) is 3.91. The number of rotatable bonds is 6. The number of hydrogen-bond acceptors (Lipinski definition) is 2. The van der Waals surface area contributed by atoms with Gasteiger partial charge in [-0.15, -0.1) is 0 Å². The van der Waals surface area contributed by atoms with Gasteiger partial charge in [-0.05, 0) is 36.8 Å². The van der Waals surface area contributed by atoms with Gasteiger partial charge in [0.25, 0.3) is 0 Å². The minimum Gasteiger partial charge on any atom is -0.377 e. The van der Waals surface area contributed by atoms with Gasteiger partial charge in [-0.25, -0.2) is 0 Å². The Hall–Kier alpha value is -0.860. The van der Waals surface area contributed by atoms with Gasteiger partial charge in [-0.3, -0.25) is 0 Å². The summed E-state index contributed by atoms with van der Waals surface area (Å²) in [6, 6.07) is 8.86. The molecule has 0 bridgehead atoms. The van der Waals surface area contributed by atoms with Crippen LogP contribution in [0.25, 0.3) is 0 Å². The van der Waals surface area contributed by atoms with Crippen molar-refractivity contribution in [1.29, 1.82) is 0 Å². The Balaban J connectivity index is 1.77. The number of nitrogens with one attached hydrogen (secondary N) is 1. The molecule has 1 aromatic rings. The molecule has 1 fully saturated rings. The molecule has 1 N–H and O–H groups in total. The van der Waals surface area contributed by atoms with Crippen molar-refractivity contribution in [2.45, 2.75) is 44.8 Å². The first-order chi connectivity index (χ1) is 8.28. The molecule has 17 heavy (non-hydrogen) atoms. The smallest absolute Gasteiger partial charge is 0.0802 e. The van der Waals surface area contributed by atoms with Crippen molar-refractivity contribution in [3.05, 3.63) is 35.4 Å². The summed E-state index contributed by atoms with van der Waals surface area (Å²) in [6.45, 7) is 4.10. The van der Waals surface area contributed by atoms with E-state index >= 15 is 0 Å². The summed E-state index contributed by atoms with van der Waals surface area (Å²) in [5.74, 6) is 0. The Morgan fingerprint density at radius 1 is 1.18 bits per heavy atom. The molecule has 2 rings (SSSR count). The van der Waals surface area contributed by atoms with E-state index in [1.54, 1.807) is 0 Å². The quantitative estimate of drug-likeness (QED) is 0.815. The van der Waals surface area contributed by atoms with Gasteiger partial charge in [-0.2, -0.15) is 0 Å². The summed E-state index contributed by atoms with van der Waals surface area (Å²) in [4.78, 5) is 0. The Morgan fingerprint density at radius 2 is 1.82 bits per heavy atom. The van der Waals surface area contributed by atoms with Crippen LogP contribution < -0.4 is 5.32 Å². The maximum atomic E-state index is 5.59. The summed E-state index contributed by atoms with van der Waals surface area (Å²) in [6.07, 6.45) is 4.82. The molecule has 0 heterocycles. The largest absolute Gasteiger partial charge is 0.377 e. The molecule has 0 aromatic heterocycles. The third kappa shape index (κ3) is 3.08. The predicted molar refractivity (Wildman–Crippen MR) is 71.1 cm³/mol. The molecule has 0 aliphatic heterocycles. The molecule has 0 saturated heterocycles. The van der Waals surface area contributed by atoms with Crippen LogP contribution in [0.5, 0.6) is 0 Å². The van der Waals surface area contributed by atoms with Crippen LogP contribution in [0.1, 0.15) is 37.3 Å². The van der Waals surface area contributed by atoms with Gasteiger partial charge < -0.3 is 10.1 Å². The average molecular weight is 233 g/mol. The maximum Gasteiger partial charge on any atom is 0.0802 e. The second-order valence-electron chi connectivity index (χ2n) is 5.01. The molecule has 0 radical (unpaired) electrons. The van der Waals surface area contributed by atoms with Crippen molar-refractivity contribution < 1.29 is 4.74 Å².